The zero-order valence-corrected chi connectivity index (χ0v) is 17.2. The Bertz CT molecular complexity index is 359. The molecule has 0 radical (unpaired) electrons. The lowest BCUT2D eigenvalue weighted by Crippen LogP contribution is -2.55. The summed E-state index contributed by atoms with van der Waals surface area (Å²) in [4.78, 5) is 0. The largest absolute Gasteiger partial charge is 0.394 e. The Morgan fingerprint density at radius 1 is 0.889 bits per heavy atom. The maximum absolute atomic E-state index is 9.98. The van der Waals surface area contributed by atoms with E-state index in [1.807, 2.05) is 0 Å². The van der Waals surface area contributed by atoms with Crippen molar-refractivity contribution in [3.63, 3.8) is 0 Å². The number of unbranched alkanes of at least 4 members (excludes halogenated alkanes) is 10. The second kappa shape index (κ2) is 16.5. The molecule has 4 atom stereocenters. The van der Waals surface area contributed by atoms with E-state index in [0.717, 1.165) is 12.8 Å². The molecule has 3 N–H and O–H groups in total. The van der Waals surface area contributed by atoms with E-state index < -0.39 is 24.4 Å². The molecule has 160 valence electrons. The molecule has 5 nitrogen and oxygen atoms in total. The second-order valence-corrected chi connectivity index (χ2v) is 7.68. The third-order valence-corrected chi connectivity index (χ3v) is 5.22. The van der Waals surface area contributed by atoms with Crippen molar-refractivity contribution >= 4 is 0 Å². The van der Waals surface area contributed by atoms with Gasteiger partial charge in [-0.2, -0.15) is 0 Å². The first-order valence-electron chi connectivity index (χ1n) is 11.1. The Morgan fingerprint density at radius 3 is 2.11 bits per heavy atom. The number of ether oxygens (including phenoxy) is 2. The number of allylic oxidation sites excluding steroid dienone is 2. The molecule has 0 aromatic heterocycles. The lowest BCUT2D eigenvalue weighted by atomic mass is 10.0. The van der Waals surface area contributed by atoms with Gasteiger partial charge in [-0.15, -0.1) is 0 Å². The lowest BCUT2D eigenvalue weighted by molar-refractivity contribution is -0.211. The number of hydrogen-bond donors (Lipinski definition) is 3. The first-order valence-corrected chi connectivity index (χ1v) is 11.1. The molecular formula is C22H42O5. The van der Waals surface area contributed by atoms with Crippen molar-refractivity contribution in [3.05, 3.63) is 12.2 Å². The summed E-state index contributed by atoms with van der Waals surface area (Å²) in [5.41, 5.74) is 0. The van der Waals surface area contributed by atoms with Gasteiger partial charge in [-0.05, 0) is 32.1 Å². The van der Waals surface area contributed by atoms with Gasteiger partial charge in [-0.1, -0.05) is 64.0 Å². The molecule has 1 aliphatic rings. The van der Waals surface area contributed by atoms with E-state index in [1.165, 1.54) is 64.2 Å². The fraction of sp³-hybridized carbons (Fsp3) is 0.909. The first-order chi connectivity index (χ1) is 13.2. The zero-order valence-electron chi connectivity index (χ0n) is 17.2. The van der Waals surface area contributed by atoms with Crippen molar-refractivity contribution < 1.29 is 24.8 Å². The van der Waals surface area contributed by atoms with Crippen molar-refractivity contribution in [2.75, 3.05) is 19.8 Å². The summed E-state index contributed by atoms with van der Waals surface area (Å²) >= 11 is 0. The van der Waals surface area contributed by atoms with Gasteiger partial charge in [-0.25, -0.2) is 0 Å². The second-order valence-electron chi connectivity index (χ2n) is 7.68. The van der Waals surface area contributed by atoms with E-state index >= 15 is 0 Å². The molecular weight excluding hydrogens is 344 g/mol. The van der Waals surface area contributed by atoms with Crippen LogP contribution in [-0.4, -0.2) is 59.6 Å². The number of rotatable bonds is 16. The van der Waals surface area contributed by atoms with Crippen LogP contribution in [0.4, 0.5) is 0 Å². The van der Waals surface area contributed by atoms with Gasteiger partial charge in [0.2, 0.25) is 0 Å². The average Bonchev–Trinajstić information content (AvgIpc) is 2.68. The summed E-state index contributed by atoms with van der Waals surface area (Å²) in [6.07, 6.45) is 16.3. The molecule has 0 bridgehead atoms. The minimum absolute atomic E-state index is 0.0412. The zero-order chi connectivity index (χ0) is 19.7. The van der Waals surface area contributed by atoms with E-state index in [0.29, 0.717) is 6.61 Å². The van der Waals surface area contributed by atoms with Gasteiger partial charge in [0, 0.05) is 6.61 Å². The van der Waals surface area contributed by atoms with Crippen molar-refractivity contribution in [3.8, 4) is 0 Å². The molecule has 1 fully saturated rings. The van der Waals surface area contributed by atoms with Crippen LogP contribution < -0.4 is 0 Å². The van der Waals surface area contributed by atoms with Crippen molar-refractivity contribution in [2.24, 2.45) is 0 Å². The minimum Gasteiger partial charge on any atom is -0.394 e. The molecule has 0 spiro atoms. The maximum Gasteiger partial charge on any atom is 0.114 e. The highest BCUT2D eigenvalue weighted by Crippen LogP contribution is 2.19. The van der Waals surface area contributed by atoms with Gasteiger partial charge >= 0.3 is 0 Å². The van der Waals surface area contributed by atoms with Gasteiger partial charge in [0.05, 0.1) is 13.2 Å². The number of hydrogen-bond acceptors (Lipinski definition) is 5. The summed E-state index contributed by atoms with van der Waals surface area (Å²) < 4.78 is 11.0. The Morgan fingerprint density at radius 2 is 1.48 bits per heavy atom. The average molecular weight is 387 g/mol. The molecule has 0 saturated carbocycles. The Kier molecular flexibility index (Phi) is 15.0. The molecule has 5 heteroatoms. The maximum atomic E-state index is 9.98. The van der Waals surface area contributed by atoms with E-state index in [2.05, 4.69) is 19.1 Å². The fourth-order valence-corrected chi connectivity index (χ4v) is 3.43. The molecule has 1 rings (SSSR count). The van der Waals surface area contributed by atoms with Gasteiger partial charge in [-0.3, -0.25) is 0 Å². The fourth-order valence-electron chi connectivity index (χ4n) is 3.43. The summed E-state index contributed by atoms with van der Waals surface area (Å²) in [7, 11) is 0. The van der Waals surface area contributed by atoms with Gasteiger partial charge in [0.1, 0.15) is 24.4 Å². The molecule has 27 heavy (non-hydrogen) atoms. The molecule has 0 aromatic carbocycles. The Balaban J connectivity index is 1.92. The van der Waals surface area contributed by atoms with Crippen LogP contribution in [0.1, 0.15) is 84.0 Å². The van der Waals surface area contributed by atoms with E-state index in [9.17, 15) is 15.3 Å². The predicted molar refractivity (Wildman–Crippen MR) is 109 cm³/mol. The summed E-state index contributed by atoms with van der Waals surface area (Å²) in [5.74, 6) is 0. The third kappa shape index (κ3) is 11.2. The normalized spacial score (nSPS) is 26.1. The predicted octanol–water partition coefficient (Wildman–Crippen LogP) is 3.74. The SMILES string of the molecule is CCCCCCC/C=C/CCCCCCCO[C@@H]1[C@@H](O)[C@H](O)CO[C@H]1CO. The van der Waals surface area contributed by atoms with E-state index in [4.69, 9.17) is 9.47 Å². The highest BCUT2D eigenvalue weighted by atomic mass is 16.6. The molecule has 0 amide bonds. The van der Waals surface area contributed by atoms with Crippen LogP contribution in [-0.2, 0) is 9.47 Å². The van der Waals surface area contributed by atoms with Crippen LogP contribution in [0.15, 0.2) is 12.2 Å². The number of aliphatic hydroxyl groups is 3. The monoisotopic (exact) mass is 386 g/mol. The quantitative estimate of drug-likeness (QED) is 0.278. The van der Waals surface area contributed by atoms with Crippen molar-refractivity contribution in [1.29, 1.82) is 0 Å². The molecule has 1 aliphatic heterocycles. The van der Waals surface area contributed by atoms with Crippen LogP contribution in [0, 0.1) is 0 Å². The lowest BCUT2D eigenvalue weighted by Gasteiger charge is -2.37. The van der Waals surface area contributed by atoms with E-state index in [-0.39, 0.29) is 13.2 Å². The number of aliphatic hydroxyl groups excluding tert-OH is 3. The van der Waals surface area contributed by atoms with Crippen LogP contribution in [0.3, 0.4) is 0 Å². The molecule has 0 aromatic rings. The topological polar surface area (TPSA) is 79.2 Å². The summed E-state index contributed by atoms with van der Waals surface area (Å²) in [6.45, 7) is 2.60. The minimum atomic E-state index is -0.991. The van der Waals surface area contributed by atoms with Crippen LogP contribution >= 0.6 is 0 Å². The molecule has 1 saturated heterocycles. The van der Waals surface area contributed by atoms with Crippen molar-refractivity contribution in [1.82, 2.24) is 0 Å². The molecule has 0 aliphatic carbocycles. The molecule has 0 unspecified atom stereocenters. The Labute approximate surface area is 165 Å². The van der Waals surface area contributed by atoms with Crippen molar-refractivity contribution in [2.45, 2.75) is 108 Å². The smallest absolute Gasteiger partial charge is 0.114 e. The van der Waals surface area contributed by atoms with Crippen LogP contribution in [0.5, 0.6) is 0 Å². The van der Waals surface area contributed by atoms with Gasteiger partial charge in [0.15, 0.2) is 0 Å². The van der Waals surface area contributed by atoms with E-state index in [1.54, 1.807) is 0 Å². The first kappa shape index (κ1) is 24.6. The van der Waals surface area contributed by atoms with Crippen LogP contribution in [0.25, 0.3) is 0 Å². The standard InChI is InChI=1S/C22H42O5/c1-2-3-4-5-6-7-8-9-10-11-12-13-14-15-16-26-22-20(17-23)27-18-19(24)21(22)25/h8-9,19-25H,2-7,10-18H2,1H3/b9-8+/t19-,20+,21+,22+/m1/s1. The third-order valence-electron chi connectivity index (χ3n) is 5.22. The molecule has 1 heterocycles. The van der Waals surface area contributed by atoms with Crippen LogP contribution in [0.2, 0.25) is 0 Å². The highest BCUT2D eigenvalue weighted by Gasteiger charge is 2.39. The van der Waals surface area contributed by atoms with Gasteiger partial charge in [0.25, 0.3) is 0 Å². The summed E-state index contributed by atoms with van der Waals surface area (Å²) in [6, 6.07) is 0. The Hall–Kier alpha value is -0.460. The summed E-state index contributed by atoms with van der Waals surface area (Å²) in [5, 5.41) is 28.9. The highest BCUT2D eigenvalue weighted by molar-refractivity contribution is 4.87. The van der Waals surface area contributed by atoms with Gasteiger partial charge < -0.3 is 24.8 Å².